The molecule has 6 heteroatoms. The molecule has 1 aromatic carbocycles. The van der Waals surface area contributed by atoms with E-state index in [0.717, 1.165) is 0 Å². The Morgan fingerprint density at radius 1 is 1.37 bits per heavy atom. The molecule has 0 N–H and O–H groups in total. The first-order valence-electron chi connectivity index (χ1n) is 5.48. The highest BCUT2D eigenvalue weighted by molar-refractivity contribution is 6.38. The molecular formula is C13H12ClNO4. The Hall–Kier alpha value is -2.01. The number of hydrogen-bond donors (Lipinski definition) is 0. The summed E-state index contributed by atoms with van der Waals surface area (Å²) >= 11 is 5.71. The second kappa shape index (κ2) is 5.75. The molecule has 0 amide bonds. The van der Waals surface area contributed by atoms with E-state index >= 15 is 0 Å². The second-order valence-electron chi connectivity index (χ2n) is 3.69. The first kappa shape index (κ1) is 13.4. The summed E-state index contributed by atoms with van der Waals surface area (Å²) in [7, 11) is 3.08. The summed E-state index contributed by atoms with van der Waals surface area (Å²) in [5, 5.41) is 3.61. The number of rotatable bonds is 4. The van der Waals surface area contributed by atoms with Gasteiger partial charge >= 0.3 is 5.97 Å². The Morgan fingerprint density at radius 2 is 2.16 bits per heavy atom. The molecule has 0 aromatic heterocycles. The number of hydrogen-bond acceptors (Lipinski definition) is 5. The number of carbonyl (C=O) groups excluding carboxylic acids is 1. The average molecular weight is 282 g/mol. The molecule has 0 radical (unpaired) electrons. The summed E-state index contributed by atoms with van der Waals surface area (Å²) in [5.74, 6) is 0.684. The lowest BCUT2D eigenvalue weighted by Crippen LogP contribution is -2.06. The normalized spacial score (nSPS) is 16.3. The summed E-state index contributed by atoms with van der Waals surface area (Å²) in [6.45, 7) is 0. The van der Waals surface area contributed by atoms with Gasteiger partial charge in [-0.25, -0.2) is 4.79 Å². The van der Waals surface area contributed by atoms with Crippen LogP contribution in [0.4, 0.5) is 0 Å². The van der Waals surface area contributed by atoms with Gasteiger partial charge in [0.2, 0.25) is 0 Å². The van der Waals surface area contributed by atoms with Gasteiger partial charge < -0.3 is 14.3 Å². The Bertz CT molecular complexity index is 566. The molecule has 19 heavy (non-hydrogen) atoms. The number of alkyl halides is 1. The van der Waals surface area contributed by atoms with Gasteiger partial charge in [0.05, 0.1) is 25.7 Å². The molecule has 0 atom stereocenters. The summed E-state index contributed by atoms with van der Waals surface area (Å²) in [6, 6.07) is 5.36. The van der Waals surface area contributed by atoms with Crippen LogP contribution in [0.25, 0.3) is 6.08 Å². The van der Waals surface area contributed by atoms with Crippen molar-refractivity contribution in [3.05, 3.63) is 29.3 Å². The van der Waals surface area contributed by atoms with E-state index in [0.29, 0.717) is 28.3 Å². The number of carbonyl (C=O) groups is 1. The standard InChI is InChI=1S/C13H12ClNO4/c1-17-11-5-3-4-8(12(11)18-2)6-9-10(7-14)15-19-13(9)16/h3-6H,7H2,1-2H3/b9-6+. The van der Waals surface area contributed by atoms with Gasteiger partial charge in [0.15, 0.2) is 11.5 Å². The van der Waals surface area contributed by atoms with Crippen LogP contribution in [0.1, 0.15) is 5.56 Å². The number of nitrogens with zero attached hydrogens (tertiary/aromatic N) is 1. The van der Waals surface area contributed by atoms with Crippen LogP contribution in [0.3, 0.4) is 0 Å². The minimum atomic E-state index is -0.527. The Labute approximate surface area is 115 Å². The van der Waals surface area contributed by atoms with E-state index in [4.69, 9.17) is 21.1 Å². The van der Waals surface area contributed by atoms with E-state index in [-0.39, 0.29) is 5.88 Å². The minimum Gasteiger partial charge on any atom is -0.493 e. The zero-order valence-electron chi connectivity index (χ0n) is 10.5. The lowest BCUT2D eigenvalue weighted by molar-refractivity contribution is -0.136. The third-order valence-electron chi connectivity index (χ3n) is 2.63. The lowest BCUT2D eigenvalue weighted by atomic mass is 10.1. The Balaban J connectivity index is 2.48. The maximum Gasteiger partial charge on any atom is 0.367 e. The summed E-state index contributed by atoms with van der Waals surface area (Å²) in [6.07, 6.45) is 1.62. The van der Waals surface area contributed by atoms with Crippen LogP contribution in [0.15, 0.2) is 28.9 Å². The van der Waals surface area contributed by atoms with Crippen LogP contribution in [-0.2, 0) is 9.63 Å². The quantitative estimate of drug-likeness (QED) is 0.482. The molecule has 2 rings (SSSR count). The van der Waals surface area contributed by atoms with Gasteiger partial charge in [-0.15, -0.1) is 11.6 Å². The highest BCUT2D eigenvalue weighted by Gasteiger charge is 2.25. The molecule has 1 heterocycles. The van der Waals surface area contributed by atoms with E-state index in [2.05, 4.69) is 9.99 Å². The van der Waals surface area contributed by atoms with E-state index in [9.17, 15) is 4.79 Å². The molecule has 0 aliphatic carbocycles. The molecule has 1 aromatic rings. The predicted molar refractivity (Wildman–Crippen MR) is 71.8 cm³/mol. The average Bonchev–Trinajstić information content (AvgIpc) is 2.79. The highest BCUT2D eigenvalue weighted by Crippen LogP contribution is 2.32. The first-order chi connectivity index (χ1) is 9.21. The van der Waals surface area contributed by atoms with Gasteiger partial charge in [-0.1, -0.05) is 17.3 Å². The van der Waals surface area contributed by atoms with Gasteiger partial charge in [0, 0.05) is 5.56 Å². The summed E-state index contributed by atoms with van der Waals surface area (Å²) < 4.78 is 10.5. The molecule has 0 bridgehead atoms. The first-order valence-corrected chi connectivity index (χ1v) is 6.02. The highest BCUT2D eigenvalue weighted by atomic mass is 35.5. The van der Waals surface area contributed by atoms with Gasteiger partial charge in [0.25, 0.3) is 0 Å². The van der Waals surface area contributed by atoms with Crippen LogP contribution < -0.4 is 9.47 Å². The number of halogens is 1. The van der Waals surface area contributed by atoms with Crippen LogP contribution in [0, 0.1) is 0 Å². The fourth-order valence-corrected chi connectivity index (χ4v) is 1.93. The maximum absolute atomic E-state index is 11.6. The van der Waals surface area contributed by atoms with Gasteiger partial charge in [-0.3, -0.25) is 0 Å². The molecule has 0 saturated heterocycles. The minimum absolute atomic E-state index is 0.101. The van der Waals surface area contributed by atoms with Crippen molar-refractivity contribution in [3.8, 4) is 11.5 Å². The number of para-hydroxylation sites is 1. The van der Waals surface area contributed by atoms with Crippen molar-refractivity contribution in [1.29, 1.82) is 0 Å². The molecule has 0 fully saturated rings. The topological polar surface area (TPSA) is 57.1 Å². The fourth-order valence-electron chi connectivity index (χ4n) is 1.73. The van der Waals surface area contributed by atoms with Crippen molar-refractivity contribution in [3.63, 3.8) is 0 Å². The van der Waals surface area contributed by atoms with Gasteiger partial charge in [0.1, 0.15) is 5.71 Å². The van der Waals surface area contributed by atoms with Crippen molar-refractivity contribution in [2.75, 3.05) is 20.1 Å². The monoisotopic (exact) mass is 281 g/mol. The molecule has 0 saturated carbocycles. The SMILES string of the molecule is COc1cccc(/C=C2/C(=O)ON=C2CCl)c1OC. The lowest BCUT2D eigenvalue weighted by Gasteiger charge is -2.10. The second-order valence-corrected chi connectivity index (χ2v) is 3.96. The largest absolute Gasteiger partial charge is 0.493 e. The van der Waals surface area contributed by atoms with Crippen molar-refractivity contribution >= 4 is 29.4 Å². The molecule has 5 nitrogen and oxygen atoms in total. The molecule has 1 aliphatic heterocycles. The predicted octanol–water partition coefficient (Wildman–Crippen LogP) is 2.24. The van der Waals surface area contributed by atoms with Gasteiger partial charge in [-0.05, 0) is 12.1 Å². The number of oxime groups is 1. The Morgan fingerprint density at radius 3 is 2.79 bits per heavy atom. The molecular weight excluding hydrogens is 270 g/mol. The summed E-state index contributed by atoms with van der Waals surface area (Å²) in [5.41, 5.74) is 1.41. The maximum atomic E-state index is 11.6. The van der Waals surface area contributed by atoms with E-state index < -0.39 is 5.97 Å². The third-order valence-corrected chi connectivity index (χ3v) is 2.88. The number of ether oxygens (including phenoxy) is 2. The summed E-state index contributed by atoms with van der Waals surface area (Å²) in [4.78, 5) is 16.2. The van der Waals surface area contributed by atoms with E-state index in [1.54, 1.807) is 31.4 Å². The Kier molecular flexibility index (Phi) is 4.06. The molecule has 0 spiro atoms. The van der Waals surface area contributed by atoms with Crippen LogP contribution in [0.2, 0.25) is 0 Å². The van der Waals surface area contributed by atoms with Crippen molar-refractivity contribution in [2.24, 2.45) is 5.16 Å². The van der Waals surface area contributed by atoms with Crippen molar-refractivity contribution < 1.29 is 19.1 Å². The number of benzene rings is 1. The molecule has 100 valence electrons. The smallest absolute Gasteiger partial charge is 0.367 e. The van der Waals surface area contributed by atoms with Crippen LogP contribution in [-0.4, -0.2) is 31.8 Å². The van der Waals surface area contributed by atoms with E-state index in [1.165, 1.54) is 7.11 Å². The number of methoxy groups -OCH3 is 2. The van der Waals surface area contributed by atoms with Crippen molar-refractivity contribution in [2.45, 2.75) is 0 Å². The van der Waals surface area contributed by atoms with E-state index in [1.807, 2.05) is 0 Å². The van der Waals surface area contributed by atoms with Crippen molar-refractivity contribution in [1.82, 2.24) is 0 Å². The van der Waals surface area contributed by atoms with Crippen LogP contribution >= 0.6 is 11.6 Å². The molecule has 0 unspecified atom stereocenters. The third kappa shape index (κ3) is 2.56. The fraction of sp³-hybridized carbons (Fsp3) is 0.231. The molecule has 1 aliphatic rings. The zero-order chi connectivity index (χ0) is 13.8. The van der Waals surface area contributed by atoms with Crippen LogP contribution in [0.5, 0.6) is 11.5 Å². The zero-order valence-corrected chi connectivity index (χ0v) is 11.2. The van der Waals surface area contributed by atoms with Gasteiger partial charge in [-0.2, -0.15) is 0 Å².